The van der Waals surface area contributed by atoms with E-state index in [1.165, 1.54) is 54.6 Å². The van der Waals surface area contributed by atoms with Crippen LogP contribution in [-0.4, -0.2) is 4.98 Å². The molecule has 1 aliphatic carbocycles. The highest BCUT2D eigenvalue weighted by atomic mass is 15.2. The molecule has 0 fully saturated rings. The molecule has 0 saturated carbocycles. The van der Waals surface area contributed by atoms with Gasteiger partial charge in [-0.15, -0.1) is 0 Å². The fourth-order valence-corrected chi connectivity index (χ4v) is 9.27. The van der Waals surface area contributed by atoms with Crippen molar-refractivity contribution in [2.24, 2.45) is 0 Å². The first-order valence-corrected chi connectivity index (χ1v) is 20.4. The number of hydrogen-bond acceptors (Lipinski definition) is 3. The topological polar surface area (TPSA) is 19.4 Å². The maximum Gasteiger partial charge on any atom is 0.137 e. The van der Waals surface area contributed by atoms with Gasteiger partial charge in [-0.25, -0.2) is 4.98 Å². The Bertz CT molecular complexity index is 3190. The fraction of sp³-hybridized carbons (Fsp3) is 0.0536. The molecule has 0 N–H and O–H groups in total. The lowest BCUT2D eigenvalue weighted by molar-refractivity contribution is 0.660. The third-order valence-corrected chi connectivity index (χ3v) is 12.3. The number of nitrogens with zero attached hydrogens (tertiary/aromatic N) is 3. The van der Waals surface area contributed by atoms with Crippen LogP contribution in [-0.2, 0) is 5.41 Å². The van der Waals surface area contributed by atoms with E-state index in [9.17, 15) is 0 Å². The van der Waals surface area contributed by atoms with Crippen molar-refractivity contribution in [3.63, 3.8) is 0 Å². The summed E-state index contributed by atoms with van der Waals surface area (Å²) >= 11 is 0. The first-order chi connectivity index (χ1) is 29.0. The molecule has 0 atom stereocenters. The minimum absolute atomic E-state index is 0.104. The number of rotatable bonds is 7. The molecule has 0 radical (unpaired) electrons. The quantitative estimate of drug-likeness (QED) is 0.161. The van der Waals surface area contributed by atoms with Crippen LogP contribution < -0.4 is 9.80 Å². The molecule has 0 saturated heterocycles. The number of fused-ring (bicyclic) bond motifs is 6. The van der Waals surface area contributed by atoms with Crippen molar-refractivity contribution in [1.82, 2.24) is 4.98 Å². The van der Waals surface area contributed by atoms with Crippen molar-refractivity contribution in [2.45, 2.75) is 19.3 Å². The van der Waals surface area contributed by atoms with E-state index in [4.69, 9.17) is 4.98 Å². The summed E-state index contributed by atoms with van der Waals surface area (Å²) in [6, 6.07) is 74.6. The lowest BCUT2D eigenvalue weighted by Crippen LogP contribution is -2.16. The van der Waals surface area contributed by atoms with Crippen molar-refractivity contribution < 1.29 is 0 Å². The highest BCUT2D eigenvalue weighted by molar-refractivity contribution is 6.01. The zero-order valence-electron chi connectivity index (χ0n) is 33.0. The molecular weight excluding hydrogens is 715 g/mol. The molecule has 59 heavy (non-hydrogen) atoms. The number of aromatic nitrogens is 1. The molecule has 0 spiro atoms. The monoisotopic (exact) mass is 755 g/mol. The van der Waals surface area contributed by atoms with Gasteiger partial charge in [0.2, 0.25) is 0 Å². The second kappa shape index (κ2) is 13.9. The summed E-state index contributed by atoms with van der Waals surface area (Å²) < 4.78 is 0. The Morgan fingerprint density at radius 3 is 1.63 bits per heavy atom. The predicted molar refractivity (Wildman–Crippen MR) is 249 cm³/mol. The second-order valence-electron chi connectivity index (χ2n) is 16.1. The van der Waals surface area contributed by atoms with E-state index in [1.807, 2.05) is 6.20 Å². The largest absolute Gasteiger partial charge is 0.310 e. The summed E-state index contributed by atoms with van der Waals surface area (Å²) in [6.07, 6.45) is 2.01. The van der Waals surface area contributed by atoms with Gasteiger partial charge in [-0.3, -0.25) is 4.90 Å². The van der Waals surface area contributed by atoms with Crippen molar-refractivity contribution >= 4 is 66.6 Å². The smallest absolute Gasteiger partial charge is 0.137 e. The van der Waals surface area contributed by atoms with Gasteiger partial charge in [-0.1, -0.05) is 159 Å². The van der Waals surface area contributed by atoms with E-state index < -0.39 is 0 Å². The Kier molecular flexibility index (Phi) is 8.16. The molecule has 0 bridgehead atoms. The average Bonchev–Trinajstić information content (AvgIpc) is 3.52. The lowest BCUT2D eigenvalue weighted by Gasteiger charge is -2.29. The zero-order chi connectivity index (χ0) is 39.5. The maximum atomic E-state index is 5.16. The number of pyridine rings is 1. The van der Waals surface area contributed by atoms with Crippen LogP contribution in [0.1, 0.15) is 25.0 Å². The molecule has 0 amide bonds. The molecule has 0 unspecified atom stereocenters. The van der Waals surface area contributed by atoms with Gasteiger partial charge >= 0.3 is 0 Å². The van der Waals surface area contributed by atoms with Crippen LogP contribution in [0.5, 0.6) is 0 Å². The summed E-state index contributed by atoms with van der Waals surface area (Å²) in [5.74, 6) is 0.862. The number of benzene rings is 9. The maximum absolute atomic E-state index is 5.16. The van der Waals surface area contributed by atoms with Crippen LogP contribution in [0.3, 0.4) is 0 Å². The van der Waals surface area contributed by atoms with E-state index in [0.717, 1.165) is 45.4 Å². The Morgan fingerprint density at radius 1 is 0.373 bits per heavy atom. The third-order valence-electron chi connectivity index (χ3n) is 12.3. The van der Waals surface area contributed by atoms with Gasteiger partial charge in [-0.2, -0.15) is 0 Å². The second-order valence-corrected chi connectivity index (χ2v) is 16.1. The zero-order valence-corrected chi connectivity index (χ0v) is 33.0. The van der Waals surface area contributed by atoms with Crippen molar-refractivity contribution in [1.29, 1.82) is 0 Å². The van der Waals surface area contributed by atoms with Crippen LogP contribution in [0.15, 0.2) is 212 Å². The van der Waals surface area contributed by atoms with Gasteiger partial charge in [0.05, 0.1) is 11.4 Å². The normalized spacial score (nSPS) is 12.7. The van der Waals surface area contributed by atoms with Gasteiger partial charge < -0.3 is 4.90 Å². The summed E-state index contributed by atoms with van der Waals surface area (Å²) in [5.41, 5.74) is 13.0. The van der Waals surface area contributed by atoms with Gasteiger partial charge in [-0.05, 0) is 110 Å². The molecule has 1 heterocycles. The Morgan fingerprint density at radius 2 is 0.915 bits per heavy atom. The van der Waals surface area contributed by atoms with Crippen LogP contribution >= 0.6 is 0 Å². The molecule has 3 heteroatoms. The fourth-order valence-electron chi connectivity index (χ4n) is 9.27. The van der Waals surface area contributed by atoms with Crippen LogP contribution in [0.4, 0.5) is 34.3 Å². The molecule has 1 aliphatic rings. The Balaban J connectivity index is 0.986. The average molecular weight is 756 g/mol. The van der Waals surface area contributed by atoms with Gasteiger partial charge in [0.25, 0.3) is 0 Å². The third kappa shape index (κ3) is 5.85. The molecule has 10 aromatic rings. The van der Waals surface area contributed by atoms with Crippen molar-refractivity contribution in [3.05, 3.63) is 224 Å². The molecule has 1 aromatic heterocycles. The summed E-state index contributed by atoms with van der Waals surface area (Å²) in [7, 11) is 0. The summed E-state index contributed by atoms with van der Waals surface area (Å²) in [5, 5.41) is 7.20. The van der Waals surface area contributed by atoms with E-state index in [1.54, 1.807) is 0 Å². The molecule has 11 rings (SSSR count). The van der Waals surface area contributed by atoms with Crippen molar-refractivity contribution in [3.8, 4) is 22.3 Å². The molecule has 280 valence electrons. The molecular formula is C56H41N3. The van der Waals surface area contributed by atoms with Crippen molar-refractivity contribution in [2.75, 3.05) is 9.80 Å². The minimum atomic E-state index is -0.104. The van der Waals surface area contributed by atoms with Gasteiger partial charge in [0.15, 0.2) is 0 Å². The van der Waals surface area contributed by atoms with E-state index in [0.29, 0.717) is 0 Å². The number of hydrogen-bond donors (Lipinski definition) is 0. The number of anilines is 6. The lowest BCUT2D eigenvalue weighted by atomic mass is 9.82. The Labute approximate surface area is 345 Å². The van der Waals surface area contributed by atoms with E-state index >= 15 is 0 Å². The predicted octanol–water partition coefficient (Wildman–Crippen LogP) is 15.5. The minimum Gasteiger partial charge on any atom is -0.310 e. The van der Waals surface area contributed by atoms with Gasteiger partial charge in [0.1, 0.15) is 5.82 Å². The van der Waals surface area contributed by atoms with Crippen LogP contribution in [0.25, 0.3) is 54.6 Å². The summed E-state index contributed by atoms with van der Waals surface area (Å²) in [4.78, 5) is 9.85. The highest BCUT2D eigenvalue weighted by Gasteiger charge is 2.35. The Hall–Kier alpha value is -7.49. The van der Waals surface area contributed by atoms with Crippen LogP contribution in [0.2, 0.25) is 0 Å². The van der Waals surface area contributed by atoms with Gasteiger partial charge in [0, 0.05) is 45.0 Å². The first kappa shape index (κ1) is 34.7. The summed E-state index contributed by atoms with van der Waals surface area (Å²) in [6.45, 7) is 4.70. The van der Waals surface area contributed by atoms with E-state index in [-0.39, 0.29) is 5.41 Å². The van der Waals surface area contributed by atoms with E-state index in [2.05, 4.69) is 230 Å². The SMILES string of the molecule is CC1(C)c2ccccc2-c2ccc(N(c3ccc(-c4ccc(N(c5ccc6ccccc6c5)c5cccc6ccccc56)nc4)cc3)c3cccc4ccccc34)cc21. The molecule has 0 aliphatic heterocycles. The standard InChI is InChI=1S/C56H41N3/c1-56(2)51-22-10-9-21-49(51)50-33-32-46(36-52(50)56)58(53-23-11-17-40-14-5-7-19-47(40)53)44-29-25-39(26-30-44)43-28-34-55(57-37-43)59(45-31-27-38-13-3-4-16-42(38)35-45)54-24-12-18-41-15-6-8-20-48(41)54/h3-37H,1-2H3. The van der Waals surface area contributed by atoms with Crippen LogP contribution in [0, 0.1) is 0 Å². The molecule has 9 aromatic carbocycles. The molecule has 3 nitrogen and oxygen atoms in total. The first-order valence-electron chi connectivity index (χ1n) is 20.4. The highest BCUT2D eigenvalue weighted by Crippen LogP contribution is 2.51.